The summed E-state index contributed by atoms with van der Waals surface area (Å²) in [5.74, 6) is 1.92. The Labute approximate surface area is 170 Å². The van der Waals surface area contributed by atoms with Crippen LogP contribution in [-0.4, -0.2) is 49.3 Å². The summed E-state index contributed by atoms with van der Waals surface area (Å²) in [4.78, 5) is 14.0. The summed E-state index contributed by atoms with van der Waals surface area (Å²) in [6, 6.07) is 7.07. The number of alkyl halides is 2. The predicted molar refractivity (Wildman–Crippen MR) is 105 cm³/mol. The number of nitrogens with zero attached hydrogens (tertiary/aromatic N) is 1. The molecule has 0 spiro atoms. The summed E-state index contributed by atoms with van der Waals surface area (Å²) >= 11 is 0. The first kappa shape index (κ1) is 20.5. The first-order valence-electron chi connectivity index (χ1n) is 10.6. The Bertz CT molecular complexity index is 713. The molecular weight excluding hydrogens is 378 g/mol. The molecule has 160 valence electrons. The van der Waals surface area contributed by atoms with Crippen LogP contribution in [0.5, 0.6) is 5.75 Å². The van der Waals surface area contributed by atoms with Gasteiger partial charge in [-0.25, -0.2) is 0 Å². The maximum absolute atomic E-state index is 12.7. The molecule has 4 rings (SSSR count). The molecule has 1 aromatic carbocycles. The van der Waals surface area contributed by atoms with Crippen LogP contribution in [0.3, 0.4) is 0 Å². The SMILES string of the molecule is CC(=O)N[C@@H]1C[C@@H]2CN(Cc3ccccc3OC(F)F)C[C@@H]2C[C@H]1OCC1CC1. The van der Waals surface area contributed by atoms with E-state index in [0.717, 1.165) is 38.1 Å². The molecule has 3 aliphatic rings. The number of benzene rings is 1. The van der Waals surface area contributed by atoms with Crippen molar-refractivity contribution in [2.45, 2.75) is 57.9 Å². The van der Waals surface area contributed by atoms with E-state index in [1.165, 1.54) is 12.8 Å². The van der Waals surface area contributed by atoms with E-state index in [-0.39, 0.29) is 23.8 Å². The number of fused-ring (bicyclic) bond motifs is 1. The van der Waals surface area contributed by atoms with Gasteiger partial charge in [0.25, 0.3) is 0 Å². The number of rotatable bonds is 8. The fourth-order valence-corrected chi connectivity index (χ4v) is 4.87. The van der Waals surface area contributed by atoms with Crippen LogP contribution in [0.2, 0.25) is 0 Å². The minimum atomic E-state index is -2.82. The molecule has 1 aliphatic heterocycles. The van der Waals surface area contributed by atoms with Gasteiger partial charge in [-0.2, -0.15) is 8.78 Å². The Morgan fingerprint density at radius 1 is 1.21 bits per heavy atom. The molecule has 7 heteroatoms. The lowest BCUT2D eigenvalue weighted by Crippen LogP contribution is -2.50. The van der Waals surface area contributed by atoms with Crippen LogP contribution >= 0.6 is 0 Å². The molecule has 0 bridgehead atoms. The number of ether oxygens (including phenoxy) is 2. The van der Waals surface area contributed by atoms with Gasteiger partial charge in [0.15, 0.2) is 0 Å². The van der Waals surface area contributed by atoms with Crippen molar-refractivity contribution in [1.82, 2.24) is 10.2 Å². The van der Waals surface area contributed by atoms with Gasteiger partial charge >= 0.3 is 6.61 Å². The largest absolute Gasteiger partial charge is 0.434 e. The third-order valence-electron chi connectivity index (χ3n) is 6.41. The van der Waals surface area contributed by atoms with Gasteiger partial charge in [-0.1, -0.05) is 18.2 Å². The van der Waals surface area contributed by atoms with Crippen molar-refractivity contribution < 1.29 is 23.0 Å². The van der Waals surface area contributed by atoms with Crippen molar-refractivity contribution in [2.24, 2.45) is 17.8 Å². The molecule has 1 saturated heterocycles. The second kappa shape index (κ2) is 8.96. The first-order valence-corrected chi connectivity index (χ1v) is 10.6. The van der Waals surface area contributed by atoms with Crippen molar-refractivity contribution in [3.8, 4) is 5.75 Å². The molecular formula is C22H30F2N2O3. The highest BCUT2D eigenvalue weighted by Gasteiger charge is 2.43. The van der Waals surface area contributed by atoms with Crippen molar-refractivity contribution >= 4 is 5.91 Å². The van der Waals surface area contributed by atoms with Crippen LogP contribution in [0.15, 0.2) is 24.3 Å². The Kier molecular flexibility index (Phi) is 6.35. The Morgan fingerprint density at radius 3 is 2.62 bits per heavy atom. The van der Waals surface area contributed by atoms with E-state index in [1.807, 2.05) is 12.1 Å². The van der Waals surface area contributed by atoms with Crippen LogP contribution in [-0.2, 0) is 16.1 Å². The van der Waals surface area contributed by atoms with Gasteiger partial charge < -0.3 is 14.8 Å². The summed E-state index contributed by atoms with van der Waals surface area (Å²) in [5.41, 5.74) is 0.784. The van der Waals surface area contributed by atoms with E-state index < -0.39 is 6.61 Å². The molecule has 1 N–H and O–H groups in total. The van der Waals surface area contributed by atoms with Crippen molar-refractivity contribution in [1.29, 1.82) is 0 Å². The highest BCUT2D eigenvalue weighted by atomic mass is 19.3. The second-order valence-electron chi connectivity index (χ2n) is 8.79. The van der Waals surface area contributed by atoms with E-state index >= 15 is 0 Å². The monoisotopic (exact) mass is 408 g/mol. The van der Waals surface area contributed by atoms with Gasteiger partial charge in [-0.15, -0.1) is 0 Å². The highest BCUT2D eigenvalue weighted by Crippen LogP contribution is 2.39. The van der Waals surface area contributed by atoms with Gasteiger partial charge in [0, 0.05) is 38.7 Å². The van der Waals surface area contributed by atoms with Crippen LogP contribution in [0.25, 0.3) is 0 Å². The minimum Gasteiger partial charge on any atom is -0.434 e. The van der Waals surface area contributed by atoms with Crippen molar-refractivity contribution in [2.75, 3.05) is 19.7 Å². The van der Waals surface area contributed by atoms with Gasteiger partial charge in [0.05, 0.1) is 12.1 Å². The number of likely N-dealkylation sites (tertiary alicyclic amines) is 1. The van der Waals surface area contributed by atoms with Crippen LogP contribution in [0.1, 0.15) is 38.2 Å². The zero-order valence-electron chi connectivity index (χ0n) is 16.9. The quantitative estimate of drug-likeness (QED) is 0.716. The lowest BCUT2D eigenvalue weighted by Gasteiger charge is -2.38. The normalized spacial score (nSPS) is 29.7. The Balaban J connectivity index is 1.39. The highest BCUT2D eigenvalue weighted by molar-refractivity contribution is 5.73. The van der Waals surface area contributed by atoms with Gasteiger partial charge in [-0.3, -0.25) is 9.69 Å². The number of hydrogen-bond donors (Lipinski definition) is 1. The number of carbonyl (C=O) groups is 1. The summed E-state index contributed by atoms with van der Waals surface area (Å²) in [6.45, 7) is 1.95. The zero-order valence-corrected chi connectivity index (χ0v) is 16.9. The van der Waals surface area contributed by atoms with E-state index in [2.05, 4.69) is 15.0 Å². The summed E-state index contributed by atoms with van der Waals surface area (Å²) in [7, 11) is 0. The summed E-state index contributed by atoms with van der Waals surface area (Å²) in [5, 5.41) is 3.10. The predicted octanol–water partition coefficient (Wildman–Crippen LogP) is 3.43. The van der Waals surface area contributed by atoms with Crippen LogP contribution < -0.4 is 10.1 Å². The number of amides is 1. The molecule has 1 amide bonds. The molecule has 0 unspecified atom stereocenters. The third kappa shape index (κ3) is 5.45. The molecule has 4 atom stereocenters. The Morgan fingerprint density at radius 2 is 1.93 bits per heavy atom. The summed E-state index contributed by atoms with van der Waals surface area (Å²) < 4.78 is 36.3. The first-order chi connectivity index (χ1) is 14.0. The lowest BCUT2D eigenvalue weighted by atomic mass is 9.77. The molecule has 1 heterocycles. The number of nitrogens with one attached hydrogen (secondary N) is 1. The van der Waals surface area contributed by atoms with Gasteiger partial charge in [0.2, 0.25) is 5.91 Å². The zero-order chi connectivity index (χ0) is 20.4. The standard InChI is InChI=1S/C22H30F2N2O3/c1-14(27)25-19-8-17-11-26(10-16-4-2-3-5-20(16)29-22(23)24)12-18(17)9-21(19)28-13-15-6-7-15/h2-5,15,17-19,21-22H,6-13H2,1H3,(H,25,27)/t17-,18+,19-,21-/m1/s1. The maximum Gasteiger partial charge on any atom is 0.387 e. The molecule has 2 aliphatic carbocycles. The Hall–Kier alpha value is -1.73. The van der Waals surface area contributed by atoms with Gasteiger partial charge in [-0.05, 0) is 49.5 Å². The second-order valence-corrected chi connectivity index (χ2v) is 8.79. The molecule has 1 aromatic rings. The maximum atomic E-state index is 12.7. The number of carbonyl (C=O) groups excluding carboxylic acids is 1. The lowest BCUT2D eigenvalue weighted by molar-refractivity contribution is -0.122. The smallest absolute Gasteiger partial charge is 0.387 e. The van der Waals surface area contributed by atoms with E-state index in [4.69, 9.17) is 4.74 Å². The fourth-order valence-electron chi connectivity index (χ4n) is 4.87. The molecule has 5 nitrogen and oxygen atoms in total. The number of para-hydroxylation sites is 1. The van der Waals surface area contributed by atoms with Crippen LogP contribution in [0, 0.1) is 17.8 Å². The van der Waals surface area contributed by atoms with E-state index in [0.29, 0.717) is 24.3 Å². The summed E-state index contributed by atoms with van der Waals surface area (Å²) in [6.07, 6.45) is 4.41. The topological polar surface area (TPSA) is 50.8 Å². The number of hydrogen-bond acceptors (Lipinski definition) is 4. The third-order valence-corrected chi connectivity index (χ3v) is 6.41. The molecule has 2 saturated carbocycles. The molecule has 0 aromatic heterocycles. The van der Waals surface area contributed by atoms with E-state index in [9.17, 15) is 13.6 Å². The molecule has 29 heavy (non-hydrogen) atoms. The van der Waals surface area contributed by atoms with Crippen molar-refractivity contribution in [3.05, 3.63) is 29.8 Å². The molecule has 3 fully saturated rings. The minimum absolute atomic E-state index is 0.0126. The van der Waals surface area contributed by atoms with Gasteiger partial charge in [0.1, 0.15) is 5.75 Å². The van der Waals surface area contributed by atoms with Crippen LogP contribution in [0.4, 0.5) is 8.78 Å². The fraction of sp³-hybridized carbons (Fsp3) is 0.682. The van der Waals surface area contributed by atoms with Crippen molar-refractivity contribution in [3.63, 3.8) is 0 Å². The average molecular weight is 408 g/mol. The van der Waals surface area contributed by atoms with E-state index in [1.54, 1.807) is 19.1 Å². The number of halogens is 2. The average Bonchev–Trinajstić information content (AvgIpc) is 3.40. The molecule has 0 radical (unpaired) electrons.